The Kier molecular flexibility index (Phi) is 4.63. The van der Waals surface area contributed by atoms with Crippen molar-refractivity contribution in [3.8, 4) is 6.01 Å². The third kappa shape index (κ3) is 3.82. The van der Waals surface area contributed by atoms with Crippen LogP contribution in [0, 0.1) is 5.92 Å². The zero-order valence-corrected chi connectivity index (χ0v) is 12.3. The summed E-state index contributed by atoms with van der Waals surface area (Å²) in [6, 6.07) is 0.0391. The summed E-state index contributed by atoms with van der Waals surface area (Å²) in [7, 11) is -3.87. The Labute approximate surface area is 121 Å². The van der Waals surface area contributed by atoms with Crippen molar-refractivity contribution in [2.75, 3.05) is 24.4 Å². The van der Waals surface area contributed by atoms with E-state index in [1.54, 1.807) is 6.92 Å². The van der Waals surface area contributed by atoms with Gasteiger partial charge in [-0.3, -0.25) is 4.79 Å². The standard InChI is InChI=1S/C10H17N5O5S/c1-2-20-10-11-9(12-13-10)14-21(18,19)15-5-3-4-7(6-15)8(16)17/h7H,2-6H2,1H3,(H,16,17)(H2,11,12,13,14). The van der Waals surface area contributed by atoms with Crippen molar-refractivity contribution in [3.63, 3.8) is 0 Å². The zero-order chi connectivity index (χ0) is 15.5. The molecule has 2 heterocycles. The lowest BCUT2D eigenvalue weighted by molar-refractivity contribution is -0.142. The molecular weight excluding hydrogens is 302 g/mol. The first kappa shape index (κ1) is 15.5. The van der Waals surface area contributed by atoms with Crippen molar-refractivity contribution >= 4 is 22.1 Å². The van der Waals surface area contributed by atoms with Crippen LogP contribution in [0.25, 0.3) is 0 Å². The van der Waals surface area contributed by atoms with E-state index in [2.05, 4.69) is 19.9 Å². The first-order chi connectivity index (χ1) is 9.92. The van der Waals surface area contributed by atoms with Crippen molar-refractivity contribution in [1.82, 2.24) is 19.5 Å². The van der Waals surface area contributed by atoms with Gasteiger partial charge in [-0.25, -0.2) is 9.82 Å². The van der Waals surface area contributed by atoms with Crippen molar-refractivity contribution in [2.45, 2.75) is 19.8 Å². The summed E-state index contributed by atoms with van der Waals surface area (Å²) < 4.78 is 32.7. The summed E-state index contributed by atoms with van der Waals surface area (Å²) in [6.45, 7) is 2.32. The Hall–Kier alpha value is -1.88. The molecule has 1 unspecified atom stereocenters. The highest BCUT2D eigenvalue weighted by Crippen LogP contribution is 2.20. The Balaban J connectivity index is 2.04. The van der Waals surface area contributed by atoms with Gasteiger partial charge in [0, 0.05) is 13.1 Å². The van der Waals surface area contributed by atoms with Gasteiger partial charge in [0.15, 0.2) is 0 Å². The van der Waals surface area contributed by atoms with Crippen LogP contribution in [0.4, 0.5) is 5.95 Å². The van der Waals surface area contributed by atoms with E-state index in [9.17, 15) is 13.2 Å². The van der Waals surface area contributed by atoms with E-state index in [1.165, 1.54) is 0 Å². The van der Waals surface area contributed by atoms with E-state index in [1.807, 2.05) is 0 Å². The minimum absolute atomic E-state index is 0.0391. The average Bonchev–Trinajstić information content (AvgIpc) is 2.86. The molecule has 11 heteroatoms. The molecule has 1 aromatic rings. The van der Waals surface area contributed by atoms with E-state index < -0.39 is 22.1 Å². The Morgan fingerprint density at radius 3 is 3.05 bits per heavy atom. The highest BCUT2D eigenvalue weighted by molar-refractivity contribution is 7.90. The number of hydrogen-bond acceptors (Lipinski definition) is 6. The van der Waals surface area contributed by atoms with Gasteiger partial charge in [-0.05, 0) is 19.8 Å². The molecule has 1 fully saturated rings. The van der Waals surface area contributed by atoms with Crippen molar-refractivity contribution < 1.29 is 23.1 Å². The van der Waals surface area contributed by atoms with Crippen molar-refractivity contribution in [1.29, 1.82) is 0 Å². The normalized spacial score (nSPS) is 20.1. The van der Waals surface area contributed by atoms with E-state index in [0.29, 0.717) is 19.4 Å². The maximum absolute atomic E-state index is 12.2. The molecule has 21 heavy (non-hydrogen) atoms. The SMILES string of the molecule is CCOc1n[nH]c(NS(=O)(=O)N2CCCC(C(=O)O)C2)n1. The number of carboxylic acid groups (broad SMARTS) is 1. The van der Waals surface area contributed by atoms with Crippen LogP contribution in [0.5, 0.6) is 6.01 Å². The number of aromatic nitrogens is 3. The molecule has 118 valence electrons. The lowest BCUT2D eigenvalue weighted by atomic mass is 10.0. The summed E-state index contributed by atoms with van der Waals surface area (Å²) in [6.07, 6.45) is 0.969. The number of carbonyl (C=O) groups is 1. The van der Waals surface area contributed by atoms with Gasteiger partial charge in [0.05, 0.1) is 12.5 Å². The van der Waals surface area contributed by atoms with Crippen LogP contribution in [0.1, 0.15) is 19.8 Å². The van der Waals surface area contributed by atoms with Crippen LogP contribution in [0.2, 0.25) is 0 Å². The van der Waals surface area contributed by atoms with Gasteiger partial charge >= 0.3 is 22.2 Å². The van der Waals surface area contributed by atoms with E-state index >= 15 is 0 Å². The Morgan fingerprint density at radius 1 is 1.62 bits per heavy atom. The number of carboxylic acids is 1. The summed E-state index contributed by atoms with van der Waals surface area (Å²) >= 11 is 0. The number of anilines is 1. The fourth-order valence-electron chi connectivity index (χ4n) is 2.03. The molecule has 0 aromatic carbocycles. The number of ether oxygens (including phenoxy) is 1. The predicted octanol–water partition coefficient (Wildman–Crippen LogP) is -0.343. The molecule has 0 radical (unpaired) electrons. The molecule has 1 aliphatic rings. The molecule has 0 amide bonds. The van der Waals surface area contributed by atoms with Crippen molar-refractivity contribution in [3.05, 3.63) is 0 Å². The number of aromatic amines is 1. The number of hydrogen-bond donors (Lipinski definition) is 3. The molecule has 2 rings (SSSR count). The fourth-order valence-corrected chi connectivity index (χ4v) is 3.25. The summed E-state index contributed by atoms with van der Waals surface area (Å²) in [5.41, 5.74) is 0. The second-order valence-electron chi connectivity index (χ2n) is 4.54. The number of nitrogens with one attached hydrogen (secondary N) is 2. The predicted molar refractivity (Wildman–Crippen MR) is 72.0 cm³/mol. The van der Waals surface area contributed by atoms with E-state index in [-0.39, 0.29) is 25.0 Å². The van der Waals surface area contributed by atoms with Crippen LogP contribution in [-0.4, -0.2) is 58.7 Å². The van der Waals surface area contributed by atoms with Gasteiger partial charge in [-0.1, -0.05) is 0 Å². The molecule has 0 aliphatic carbocycles. The molecular formula is C10H17N5O5S. The summed E-state index contributed by atoms with van der Waals surface area (Å²) in [4.78, 5) is 14.8. The smallest absolute Gasteiger partial charge is 0.337 e. The van der Waals surface area contributed by atoms with Crippen molar-refractivity contribution in [2.24, 2.45) is 5.92 Å². The van der Waals surface area contributed by atoms with Crippen LogP contribution in [-0.2, 0) is 15.0 Å². The second kappa shape index (κ2) is 6.26. The first-order valence-electron chi connectivity index (χ1n) is 6.48. The minimum atomic E-state index is -3.87. The number of rotatable bonds is 6. The zero-order valence-electron chi connectivity index (χ0n) is 11.4. The maximum atomic E-state index is 12.2. The Bertz CT molecular complexity index is 601. The molecule has 1 atom stereocenters. The molecule has 0 bridgehead atoms. The molecule has 0 saturated carbocycles. The highest BCUT2D eigenvalue weighted by atomic mass is 32.2. The average molecular weight is 319 g/mol. The lowest BCUT2D eigenvalue weighted by Gasteiger charge is -2.29. The van der Waals surface area contributed by atoms with Gasteiger partial charge in [-0.15, -0.1) is 5.10 Å². The van der Waals surface area contributed by atoms with Gasteiger partial charge in [0.1, 0.15) is 0 Å². The van der Waals surface area contributed by atoms with Gasteiger partial charge < -0.3 is 9.84 Å². The molecule has 1 aromatic heterocycles. The number of nitrogens with zero attached hydrogens (tertiary/aromatic N) is 3. The van der Waals surface area contributed by atoms with E-state index in [4.69, 9.17) is 9.84 Å². The molecule has 1 saturated heterocycles. The van der Waals surface area contributed by atoms with Gasteiger partial charge in [0.25, 0.3) is 0 Å². The van der Waals surface area contributed by atoms with Gasteiger partial charge in [0.2, 0.25) is 5.95 Å². The largest absolute Gasteiger partial charge is 0.481 e. The summed E-state index contributed by atoms with van der Waals surface area (Å²) in [5.74, 6) is -1.76. The van der Waals surface area contributed by atoms with Crippen LogP contribution in [0.15, 0.2) is 0 Å². The molecule has 1 aliphatic heterocycles. The first-order valence-corrected chi connectivity index (χ1v) is 7.92. The Morgan fingerprint density at radius 2 is 2.38 bits per heavy atom. The summed E-state index contributed by atoms with van der Waals surface area (Å²) in [5, 5.41) is 15.1. The lowest BCUT2D eigenvalue weighted by Crippen LogP contribution is -2.44. The minimum Gasteiger partial charge on any atom is -0.481 e. The maximum Gasteiger partial charge on any atom is 0.337 e. The second-order valence-corrected chi connectivity index (χ2v) is 6.21. The fraction of sp³-hybridized carbons (Fsp3) is 0.700. The third-order valence-electron chi connectivity index (χ3n) is 3.04. The molecule has 0 spiro atoms. The topological polar surface area (TPSA) is 138 Å². The number of piperidine rings is 1. The van der Waals surface area contributed by atoms with Crippen LogP contribution >= 0.6 is 0 Å². The number of H-pyrrole nitrogens is 1. The number of aliphatic carboxylic acids is 1. The van der Waals surface area contributed by atoms with Crippen LogP contribution < -0.4 is 9.46 Å². The monoisotopic (exact) mass is 319 g/mol. The third-order valence-corrected chi connectivity index (χ3v) is 4.50. The highest BCUT2D eigenvalue weighted by Gasteiger charge is 2.32. The van der Waals surface area contributed by atoms with Crippen LogP contribution in [0.3, 0.4) is 0 Å². The molecule has 10 nitrogen and oxygen atoms in total. The van der Waals surface area contributed by atoms with Gasteiger partial charge in [-0.2, -0.15) is 17.7 Å². The molecule has 3 N–H and O–H groups in total. The van der Waals surface area contributed by atoms with E-state index in [0.717, 1.165) is 4.31 Å². The quantitative estimate of drug-likeness (QED) is 0.652.